The van der Waals surface area contributed by atoms with Crippen molar-refractivity contribution in [3.05, 3.63) is 60.3 Å². The molecule has 1 unspecified atom stereocenters. The van der Waals surface area contributed by atoms with Crippen molar-refractivity contribution in [3.8, 4) is 0 Å². The van der Waals surface area contributed by atoms with Crippen LogP contribution in [-0.2, 0) is 10.0 Å². The fraction of sp³-hybridized carbons (Fsp3) is 0.333. The Bertz CT molecular complexity index is 1190. The van der Waals surface area contributed by atoms with E-state index in [0.717, 1.165) is 11.8 Å². The van der Waals surface area contributed by atoms with E-state index in [9.17, 15) is 12.8 Å². The Hall–Kier alpha value is -3.38. The van der Waals surface area contributed by atoms with Crippen molar-refractivity contribution in [3.63, 3.8) is 0 Å². The number of nitrogens with zero attached hydrogens (tertiary/aromatic N) is 5. The minimum atomic E-state index is -3.30. The molecule has 0 amide bonds. The van der Waals surface area contributed by atoms with Crippen LogP contribution < -0.4 is 20.3 Å². The van der Waals surface area contributed by atoms with Gasteiger partial charge in [0.25, 0.3) is 0 Å². The molecule has 0 bridgehead atoms. The van der Waals surface area contributed by atoms with E-state index in [0.29, 0.717) is 42.9 Å². The normalized spacial score (nSPS) is 17.1. The highest BCUT2D eigenvalue weighted by molar-refractivity contribution is 7.88. The van der Waals surface area contributed by atoms with Crippen molar-refractivity contribution in [2.45, 2.75) is 25.4 Å². The first-order chi connectivity index (χ1) is 15.7. The Labute approximate surface area is 191 Å². The number of halogens is 1. The molecule has 12 heteroatoms. The molecule has 1 aromatic carbocycles. The average molecular weight is 473 g/mol. The molecule has 1 fully saturated rings. The summed E-state index contributed by atoms with van der Waals surface area (Å²) in [5, 5.41) is 6.38. The van der Waals surface area contributed by atoms with Crippen LogP contribution in [0.1, 0.15) is 24.9 Å². The molecule has 3 aromatic rings. The van der Waals surface area contributed by atoms with Gasteiger partial charge in [0.1, 0.15) is 23.3 Å². The van der Waals surface area contributed by atoms with Crippen LogP contribution in [-0.4, -0.2) is 53.7 Å². The maximum absolute atomic E-state index is 13.3. The summed E-state index contributed by atoms with van der Waals surface area (Å²) in [6, 6.07) is 7.64. The fourth-order valence-corrected chi connectivity index (χ4v) is 4.41. The van der Waals surface area contributed by atoms with E-state index in [1.54, 1.807) is 36.8 Å². The van der Waals surface area contributed by atoms with E-state index in [4.69, 9.17) is 0 Å². The van der Waals surface area contributed by atoms with Gasteiger partial charge in [0, 0.05) is 37.6 Å². The molecule has 2 atom stereocenters. The van der Waals surface area contributed by atoms with Crippen molar-refractivity contribution >= 4 is 33.4 Å². The molecule has 174 valence electrons. The van der Waals surface area contributed by atoms with Gasteiger partial charge in [-0.3, -0.25) is 4.98 Å². The van der Waals surface area contributed by atoms with E-state index in [2.05, 4.69) is 35.3 Å². The lowest BCUT2D eigenvalue weighted by atomic mass is 10.1. The summed E-state index contributed by atoms with van der Waals surface area (Å²) in [4.78, 5) is 19.5. The molecule has 0 spiro atoms. The molecule has 10 nitrogen and oxygen atoms in total. The molecule has 0 aliphatic carbocycles. The average Bonchev–Trinajstić information content (AvgIpc) is 3.21. The third-order valence-electron chi connectivity index (χ3n) is 5.14. The van der Waals surface area contributed by atoms with Gasteiger partial charge in [-0.25, -0.2) is 22.5 Å². The molecule has 1 aliphatic heterocycles. The van der Waals surface area contributed by atoms with Crippen LogP contribution in [0.5, 0.6) is 0 Å². The molecular weight excluding hydrogens is 447 g/mol. The second kappa shape index (κ2) is 9.63. The van der Waals surface area contributed by atoms with Crippen LogP contribution in [0.25, 0.3) is 0 Å². The van der Waals surface area contributed by atoms with Crippen LogP contribution in [0.2, 0.25) is 0 Å². The predicted octanol–water partition coefficient (Wildman–Crippen LogP) is 2.45. The summed E-state index contributed by atoms with van der Waals surface area (Å²) < 4.78 is 39.2. The van der Waals surface area contributed by atoms with Crippen LogP contribution in [0.4, 0.5) is 27.8 Å². The number of hydrogen-bond acceptors (Lipinski definition) is 9. The van der Waals surface area contributed by atoms with Crippen molar-refractivity contribution < 1.29 is 12.8 Å². The van der Waals surface area contributed by atoms with Gasteiger partial charge in [-0.2, -0.15) is 9.97 Å². The van der Waals surface area contributed by atoms with Gasteiger partial charge in [-0.05, 0) is 31.0 Å². The van der Waals surface area contributed by atoms with Gasteiger partial charge < -0.3 is 15.5 Å². The van der Waals surface area contributed by atoms with Gasteiger partial charge in [0.2, 0.25) is 16.0 Å². The summed E-state index contributed by atoms with van der Waals surface area (Å²) in [5.41, 5.74) is 0.882. The zero-order chi connectivity index (χ0) is 23.4. The van der Waals surface area contributed by atoms with Gasteiger partial charge in [0.15, 0.2) is 0 Å². The van der Waals surface area contributed by atoms with Crippen LogP contribution >= 0.6 is 0 Å². The highest BCUT2D eigenvalue weighted by Crippen LogP contribution is 2.26. The highest BCUT2D eigenvalue weighted by atomic mass is 32.2. The molecule has 3 N–H and O–H groups in total. The summed E-state index contributed by atoms with van der Waals surface area (Å²) in [7, 11) is -3.30. The molecular formula is C21H25FN8O2S. The number of aromatic nitrogens is 4. The topological polar surface area (TPSA) is 125 Å². The lowest BCUT2D eigenvalue weighted by Crippen LogP contribution is -2.36. The van der Waals surface area contributed by atoms with Crippen LogP contribution in [0.15, 0.2) is 48.9 Å². The molecule has 1 aliphatic rings. The summed E-state index contributed by atoms with van der Waals surface area (Å²) in [6.07, 6.45) is 6.55. The number of anilines is 4. The first kappa shape index (κ1) is 22.8. The minimum absolute atomic E-state index is 0.177. The number of rotatable bonds is 8. The number of sulfonamides is 1. The predicted molar refractivity (Wildman–Crippen MR) is 124 cm³/mol. The zero-order valence-corrected chi connectivity index (χ0v) is 19.1. The van der Waals surface area contributed by atoms with E-state index in [1.807, 2.05) is 11.8 Å². The monoisotopic (exact) mass is 472 g/mol. The quantitative estimate of drug-likeness (QED) is 0.453. The lowest BCUT2D eigenvalue weighted by molar-refractivity contribution is 0.567. The summed E-state index contributed by atoms with van der Waals surface area (Å²) >= 11 is 0. The largest absolute Gasteiger partial charge is 0.355 e. The highest BCUT2D eigenvalue weighted by Gasteiger charge is 2.26. The van der Waals surface area contributed by atoms with Crippen LogP contribution in [0.3, 0.4) is 0 Å². The zero-order valence-electron chi connectivity index (χ0n) is 18.2. The second-order valence-electron chi connectivity index (χ2n) is 7.89. The lowest BCUT2D eigenvalue weighted by Gasteiger charge is -2.21. The first-order valence-corrected chi connectivity index (χ1v) is 12.3. The van der Waals surface area contributed by atoms with Gasteiger partial charge in [-0.1, -0.05) is 12.1 Å². The van der Waals surface area contributed by atoms with Crippen molar-refractivity contribution in [1.82, 2.24) is 24.7 Å². The van der Waals surface area contributed by atoms with Gasteiger partial charge >= 0.3 is 0 Å². The van der Waals surface area contributed by atoms with E-state index in [1.165, 1.54) is 12.1 Å². The third-order valence-corrected chi connectivity index (χ3v) is 5.90. The van der Waals surface area contributed by atoms with Crippen LogP contribution in [0, 0.1) is 5.82 Å². The molecule has 0 radical (unpaired) electrons. The molecule has 2 aromatic heterocycles. The Morgan fingerprint density at radius 3 is 2.64 bits per heavy atom. The standard InChI is InChI=1S/C21H25FN8O2S/c1-14(15-3-5-16(22)6-4-15)25-21-27-18(26-19-12-23-8-9-24-19)11-20(28-21)30-10-7-17(13-30)29-33(2,31)32/h3-6,8-9,11-12,14,17,29H,7,10,13H2,1-2H3,(H2,24,25,26,27,28)/t14-,17?/m0/s1. The van der Waals surface area contributed by atoms with Gasteiger partial charge in [0.05, 0.1) is 18.5 Å². The molecule has 1 saturated heterocycles. The van der Waals surface area contributed by atoms with Gasteiger partial charge in [-0.15, -0.1) is 0 Å². The summed E-state index contributed by atoms with van der Waals surface area (Å²) in [5.74, 6) is 1.75. The van der Waals surface area contributed by atoms with Crippen molar-refractivity contribution in [1.29, 1.82) is 0 Å². The smallest absolute Gasteiger partial charge is 0.227 e. The number of benzene rings is 1. The molecule has 3 heterocycles. The Kier molecular flexibility index (Phi) is 6.65. The number of hydrogen-bond donors (Lipinski definition) is 3. The SMILES string of the molecule is C[C@H](Nc1nc(Nc2cnccn2)cc(N2CCC(NS(C)(=O)=O)C2)n1)c1ccc(F)cc1. The molecule has 0 saturated carbocycles. The molecule has 33 heavy (non-hydrogen) atoms. The van der Waals surface area contributed by atoms with Crippen molar-refractivity contribution in [2.75, 3.05) is 34.9 Å². The summed E-state index contributed by atoms with van der Waals surface area (Å²) in [6.45, 7) is 3.06. The first-order valence-electron chi connectivity index (χ1n) is 10.4. The minimum Gasteiger partial charge on any atom is -0.355 e. The van der Waals surface area contributed by atoms with Crippen molar-refractivity contribution in [2.24, 2.45) is 0 Å². The fourth-order valence-electron chi connectivity index (χ4n) is 3.62. The number of nitrogens with one attached hydrogen (secondary N) is 3. The Balaban J connectivity index is 1.58. The molecule has 4 rings (SSSR count). The second-order valence-corrected chi connectivity index (χ2v) is 9.67. The van der Waals surface area contributed by atoms with E-state index in [-0.39, 0.29) is 17.9 Å². The van der Waals surface area contributed by atoms with E-state index < -0.39 is 10.0 Å². The third kappa shape index (κ3) is 6.33. The maximum Gasteiger partial charge on any atom is 0.227 e. The Morgan fingerprint density at radius 2 is 1.94 bits per heavy atom. The van der Waals surface area contributed by atoms with E-state index >= 15 is 0 Å². The Morgan fingerprint density at radius 1 is 1.15 bits per heavy atom. The maximum atomic E-state index is 13.3.